The maximum atomic E-state index is 14.1. The van der Waals surface area contributed by atoms with Crippen LogP contribution in [0.3, 0.4) is 0 Å². The molecular formula is C23H23F8NO4S. The minimum absolute atomic E-state index is 0.106. The Labute approximate surface area is 207 Å². The molecule has 0 saturated carbocycles. The Balaban J connectivity index is 2.29. The average Bonchev–Trinajstić information content (AvgIpc) is 2.77. The second-order valence-corrected chi connectivity index (χ2v) is 10.0. The highest BCUT2D eigenvalue weighted by atomic mass is 32.2. The van der Waals surface area contributed by atoms with Crippen LogP contribution < -0.4 is 4.72 Å². The summed E-state index contributed by atoms with van der Waals surface area (Å²) in [6.07, 6.45) is -15.5. The van der Waals surface area contributed by atoms with Gasteiger partial charge in [-0.25, -0.2) is 21.9 Å². The number of carboxylic acid groups (broad SMARTS) is 1. The zero-order valence-electron chi connectivity index (χ0n) is 19.0. The molecule has 0 aliphatic carbocycles. The molecule has 14 heteroatoms. The largest absolute Gasteiger partial charge is 0.481 e. The summed E-state index contributed by atoms with van der Waals surface area (Å²) in [7, 11) is -4.40. The fourth-order valence-corrected chi connectivity index (χ4v) is 4.78. The summed E-state index contributed by atoms with van der Waals surface area (Å²) in [5.74, 6) is -1.75. The van der Waals surface area contributed by atoms with E-state index in [1.165, 1.54) is 24.3 Å². The van der Waals surface area contributed by atoms with Gasteiger partial charge in [0.25, 0.3) is 5.67 Å². The number of sulfonamides is 1. The van der Waals surface area contributed by atoms with Crippen LogP contribution in [0.4, 0.5) is 35.1 Å². The summed E-state index contributed by atoms with van der Waals surface area (Å²) in [5.41, 5.74) is -4.66. The molecule has 0 aliphatic rings. The standard InChI is InChI=1S/C23H23F8NO4S/c24-17-10-12-18(13-11-17)37(35,36)32-19(4-2-14-21(25,22(26,27)28)23(29,30)31)16-8-6-15(7-9-16)3-1-5-20(33)34/h6-13,19,32H,1-5,14H2,(H,33,34). The van der Waals surface area contributed by atoms with E-state index in [0.29, 0.717) is 18.4 Å². The van der Waals surface area contributed by atoms with Crippen LogP contribution in [0.1, 0.15) is 49.3 Å². The van der Waals surface area contributed by atoms with E-state index in [-0.39, 0.29) is 12.0 Å². The van der Waals surface area contributed by atoms with Gasteiger partial charge in [-0.05, 0) is 67.5 Å². The zero-order chi connectivity index (χ0) is 28.1. The molecule has 37 heavy (non-hydrogen) atoms. The van der Waals surface area contributed by atoms with E-state index in [1.807, 2.05) is 0 Å². The van der Waals surface area contributed by atoms with Crippen molar-refractivity contribution < 1.29 is 53.4 Å². The van der Waals surface area contributed by atoms with Crippen LogP contribution in [0, 0.1) is 5.82 Å². The Kier molecular flexibility index (Phi) is 9.69. The molecule has 1 unspecified atom stereocenters. The molecule has 5 nitrogen and oxygen atoms in total. The molecule has 2 N–H and O–H groups in total. The summed E-state index contributed by atoms with van der Waals surface area (Å²) in [6, 6.07) is 7.94. The van der Waals surface area contributed by atoms with Crippen molar-refractivity contribution in [2.45, 2.75) is 67.5 Å². The van der Waals surface area contributed by atoms with Gasteiger partial charge in [0, 0.05) is 12.5 Å². The number of aryl methyl sites for hydroxylation is 1. The summed E-state index contributed by atoms with van der Waals surface area (Å²) >= 11 is 0. The smallest absolute Gasteiger partial charge is 0.431 e. The predicted molar refractivity (Wildman–Crippen MR) is 116 cm³/mol. The molecule has 0 bridgehead atoms. The van der Waals surface area contributed by atoms with E-state index in [4.69, 9.17) is 5.11 Å². The van der Waals surface area contributed by atoms with E-state index < -0.39 is 70.0 Å². The van der Waals surface area contributed by atoms with E-state index in [9.17, 15) is 48.3 Å². The highest BCUT2D eigenvalue weighted by Gasteiger charge is 2.71. The van der Waals surface area contributed by atoms with E-state index in [1.54, 1.807) is 0 Å². The lowest BCUT2D eigenvalue weighted by atomic mass is 9.93. The fraction of sp³-hybridized carbons (Fsp3) is 0.435. The van der Waals surface area contributed by atoms with Gasteiger partial charge in [0.2, 0.25) is 10.0 Å². The van der Waals surface area contributed by atoms with Crippen LogP contribution in [-0.4, -0.2) is 37.5 Å². The van der Waals surface area contributed by atoms with Crippen LogP contribution in [0.25, 0.3) is 0 Å². The van der Waals surface area contributed by atoms with Crippen LogP contribution in [0.5, 0.6) is 0 Å². The molecule has 2 aromatic rings. The first-order chi connectivity index (χ1) is 17.0. The van der Waals surface area contributed by atoms with Crippen molar-refractivity contribution in [2.24, 2.45) is 0 Å². The Hall–Kier alpha value is -2.74. The lowest BCUT2D eigenvalue weighted by molar-refractivity contribution is -0.343. The lowest BCUT2D eigenvalue weighted by Gasteiger charge is -2.30. The third kappa shape index (κ3) is 8.12. The molecule has 2 rings (SSSR count). The van der Waals surface area contributed by atoms with E-state index in [2.05, 4.69) is 4.72 Å². The Morgan fingerprint density at radius 1 is 0.865 bits per heavy atom. The lowest BCUT2D eigenvalue weighted by Crippen LogP contribution is -2.53. The van der Waals surface area contributed by atoms with Gasteiger partial charge in [0.1, 0.15) is 5.82 Å². The summed E-state index contributed by atoms with van der Waals surface area (Å²) in [5, 5.41) is 8.71. The molecule has 1 atom stereocenters. The number of halogens is 8. The monoisotopic (exact) mass is 561 g/mol. The third-order valence-electron chi connectivity index (χ3n) is 5.57. The Morgan fingerprint density at radius 2 is 1.41 bits per heavy atom. The van der Waals surface area contributed by atoms with Gasteiger partial charge in [-0.15, -0.1) is 0 Å². The van der Waals surface area contributed by atoms with Crippen molar-refractivity contribution in [2.75, 3.05) is 0 Å². The predicted octanol–water partition coefficient (Wildman–Crippen LogP) is 6.26. The minimum Gasteiger partial charge on any atom is -0.481 e. The van der Waals surface area contributed by atoms with Crippen molar-refractivity contribution in [3.8, 4) is 0 Å². The quantitative estimate of drug-likeness (QED) is 0.300. The molecule has 0 fully saturated rings. The molecule has 0 saturated heterocycles. The number of alkyl halides is 7. The SMILES string of the molecule is O=C(O)CCCc1ccc(C(CCCC(F)(C(F)(F)F)C(F)(F)F)NS(=O)(=O)c2ccc(F)cc2)cc1. The highest BCUT2D eigenvalue weighted by molar-refractivity contribution is 7.89. The first kappa shape index (κ1) is 30.5. The van der Waals surface area contributed by atoms with E-state index >= 15 is 0 Å². The second kappa shape index (κ2) is 11.8. The van der Waals surface area contributed by atoms with Gasteiger partial charge in [0.15, 0.2) is 0 Å². The number of rotatable bonds is 12. The molecule has 206 valence electrons. The molecular weight excluding hydrogens is 538 g/mol. The first-order valence-corrected chi connectivity index (χ1v) is 12.4. The highest BCUT2D eigenvalue weighted by Crippen LogP contribution is 2.49. The summed E-state index contributed by atoms with van der Waals surface area (Å²) < 4.78 is 132. The van der Waals surface area contributed by atoms with Crippen molar-refractivity contribution >= 4 is 16.0 Å². The van der Waals surface area contributed by atoms with Gasteiger partial charge in [-0.2, -0.15) is 26.3 Å². The molecule has 0 radical (unpaired) electrons. The Bertz CT molecular complexity index is 1130. The van der Waals surface area contributed by atoms with Gasteiger partial charge in [0.05, 0.1) is 4.90 Å². The van der Waals surface area contributed by atoms with Crippen molar-refractivity contribution in [1.29, 1.82) is 0 Å². The van der Waals surface area contributed by atoms with Gasteiger partial charge >= 0.3 is 18.3 Å². The number of hydrogen-bond acceptors (Lipinski definition) is 3. The van der Waals surface area contributed by atoms with Gasteiger partial charge in [-0.1, -0.05) is 24.3 Å². The molecule has 0 spiro atoms. The number of benzene rings is 2. The third-order valence-corrected chi connectivity index (χ3v) is 7.06. The number of carbonyl (C=O) groups is 1. The first-order valence-electron chi connectivity index (χ1n) is 10.9. The van der Waals surface area contributed by atoms with Crippen LogP contribution >= 0.6 is 0 Å². The van der Waals surface area contributed by atoms with Crippen molar-refractivity contribution in [1.82, 2.24) is 4.72 Å². The topological polar surface area (TPSA) is 83.5 Å². The fourth-order valence-electron chi connectivity index (χ4n) is 3.52. The molecule has 0 aromatic heterocycles. The number of hydrogen-bond donors (Lipinski definition) is 2. The van der Waals surface area contributed by atoms with Gasteiger partial charge in [-0.3, -0.25) is 4.79 Å². The van der Waals surface area contributed by atoms with Crippen molar-refractivity contribution in [3.05, 3.63) is 65.5 Å². The molecule has 0 heterocycles. The summed E-state index contributed by atoms with van der Waals surface area (Å²) in [4.78, 5) is 10.2. The van der Waals surface area contributed by atoms with Crippen molar-refractivity contribution in [3.63, 3.8) is 0 Å². The Morgan fingerprint density at radius 3 is 1.89 bits per heavy atom. The van der Waals surface area contributed by atoms with Crippen LogP contribution in [0.2, 0.25) is 0 Å². The molecule has 2 aromatic carbocycles. The van der Waals surface area contributed by atoms with Crippen LogP contribution in [0.15, 0.2) is 53.4 Å². The summed E-state index contributed by atoms with van der Waals surface area (Å²) in [6.45, 7) is 0. The van der Waals surface area contributed by atoms with E-state index in [0.717, 1.165) is 24.3 Å². The number of nitrogens with one attached hydrogen (secondary N) is 1. The van der Waals surface area contributed by atoms with Crippen LogP contribution in [-0.2, 0) is 21.2 Å². The second-order valence-electron chi connectivity index (χ2n) is 8.31. The average molecular weight is 561 g/mol. The number of carboxylic acids is 1. The maximum Gasteiger partial charge on any atom is 0.431 e. The zero-order valence-corrected chi connectivity index (χ0v) is 19.9. The normalized spacial score (nSPS) is 13.9. The molecule has 0 amide bonds. The maximum absolute atomic E-state index is 14.1. The van der Waals surface area contributed by atoms with Gasteiger partial charge < -0.3 is 5.11 Å². The number of aliphatic carboxylic acids is 1. The minimum atomic E-state index is -6.23. The molecule has 0 aliphatic heterocycles.